The van der Waals surface area contributed by atoms with Crippen LogP contribution in [-0.4, -0.2) is 26.2 Å². The average Bonchev–Trinajstić information content (AvgIpc) is 2.35. The molecule has 0 fully saturated rings. The van der Waals surface area contributed by atoms with Crippen molar-refractivity contribution >= 4 is 21.9 Å². The standard InChI is InChI=1S/C12H16BrNO3/c1-3-14-7-9-6-10(4-5-11(9)13)17-8-12(15)16-2/h4-6,14H,3,7-8H2,1-2H3. The van der Waals surface area contributed by atoms with Gasteiger partial charge in [0.1, 0.15) is 5.75 Å². The third kappa shape index (κ3) is 4.75. The number of esters is 1. The molecule has 0 saturated carbocycles. The Kier molecular flexibility index (Phi) is 6.00. The molecular weight excluding hydrogens is 286 g/mol. The molecule has 5 heteroatoms. The van der Waals surface area contributed by atoms with E-state index in [0.29, 0.717) is 5.75 Å². The predicted octanol–water partition coefficient (Wildman–Crippen LogP) is 2.11. The van der Waals surface area contributed by atoms with Crippen LogP contribution in [0.5, 0.6) is 5.75 Å². The highest BCUT2D eigenvalue weighted by molar-refractivity contribution is 9.10. The largest absolute Gasteiger partial charge is 0.482 e. The second kappa shape index (κ2) is 7.29. The molecule has 94 valence electrons. The lowest BCUT2D eigenvalue weighted by Crippen LogP contribution is -2.14. The van der Waals surface area contributed by atoms with E-state index in [4.69, 9.17) is 4.74 Å². The first-order valence-electron chi connectivity index (χ1n) is 5.36. The highest BCUT2D eigenvalue weighted by Crippen LogP contribution is 2.22. The zero-order chi connectivity index (χ0) is 12.7. The number of carbonyl (C=O) groups excluding carboxylic acids is 1. The van der Waals surface area contributed by atoms with Crippen LogP contribution in [0.4, 0.5) is 0 Å². The third-order valence-corrected chi connectivity index (χ3v) is 2.94. The van der Waals surface area contributed by atoms with E-state index in [0.717, 1.165) is 23.1 Å². The molecule has 0 spiro atoms. The van der Waals surface area contributed by atoms with Gasteiger partial charge in [0.25, 0.3) is 0 Å². The Balaban J connectivity index is 2.64. The number of halogens is 1. The lowest BCUT2D eigenvalue weighted by Gasteiger charge is -2.09. The van der Waals surface area contributed by atoms with Gasteiger partial charge >= 0.3 is 5.97 Å². The Labute approximate surface area is 109 Å². The van der Waals surface area contributed by atoms with E-state index in [-0.39, 0.29) is 12.6 Å². The number of nitrogens with one attached hydrogen (secondary N) is 1. The minimum absolute atomic E-state index is 0.0707. The Hall–Kier alpha value is -1.07. The Morgan fingerprint density at radius 3 is 2.88 bits per heavy atom. The average molecular weight is 302 g/mol. The van der Waals surface area contributed by atoms with Crippen LogP contribution in [0.2, 0.25) is 0 Å². The summed E-state index contributed by atoms with van der Waals surface area (Å²) in [5, 5.41) is 3.23. The predicted molar refractivity (Wildman–Crippen MR) is 69.0 cm³/mol. The fourth-order valence-corrected chi connectivity index (χ4v) is 1.62. The maximum absolute atomic E-state index is 10.9. The third-order valence-electron chi connectivity index (χ3n) is 2.17. The van der Waals surface area contributed by atoms with Crippen molar-refractivity contribution in [2.45, 2.75) is 13.5 Å². The van der Waals surface area contributed by atoms with Crippen molar-refractivity contribution in [2.75, 3.05) is 20.3 Å². The van der Waals surface area contributed by atoms with E-state index in [1.807, 2.05) is 25.1 Å². The SMILES string of the molecule is CCNCc1cc(OCC(=O)OC)ccc1Br. The van der Waals surface area contributed by atoms with E-state index in [2.05, 4.69) is 26.0 Å². The lowest BCUT2D eigenvalue weighted by molar-refractivity contribution is -0.142. The number of ether oxygens (including phenoxy) is 2. The Morgan fingerprint density at radius 1 is 1.47 bits per heavy atom. The zero-order valence-electron chi connectivity index (χ0n) is 9.96. The molecule has 0 amide bonds. The highest BCUT2D eigenvalue weighted by atomic mass is 79.9. The molecule has 0 heterocycles. The minimum atomic E-state index is -0.388. The molecule has 1 aromatic carbocycles. The molecule has 0 aliphatic rings. The maximum Gasteiger partial charge on any atom is 0.343 e. The molecule has 4 nitrogen and oxygen atoms in total. The molecule has 0 aliphatic heterocycles. The number of benzene rings is 1. The summed E-state index contributed by atoms with van der Waals surface area (Å²) in [6, 6.07) is 5.61. The minimum Gasteiger partial charge on any atom is -0.482 e. The molecule has 0 saturated heterocycles. The molecule has 0 atom stereocenters. The summed E-state index contributed by atoms with van der Waals surface area (Å²) >= 11 is 3.47. The van der Waals surface area contributed by atoms with Crippen LogP contribution in [0.3, 0.4) is 0 Å². The molecular formula is C12H16BrNO3. The van der Waals surface area contributed by atoms with Crippen LogP contribution in [0, 0.1) is 0 Å². The van der Waals surface area contributed by atoms with E-state index >= 15 is 0 Å². The normalized spacial score (nSPS) is 10.1. The van der Waals surface area contributed by atoms with Gasteiger partial charge in [-0.3, -0.25) is 0 Å². The van der Waals surface area contributed by atoms with Gasteiger partial charge in [0.05, 0.1) is 7.11 Å². The molecule has 1 aromatic rings. The molecule has 1 N–H and O–H groups in total. The van der Waals surface area contributed by atoms with E-state index in [1.54, 1.807) is 0 Å². The van der Waals surface area contributed by atoms with Gasteiger partial charge in [-0.15, -0.1) is 0 Å². The zero-order valence-corrected chi connectivity index (χ0v) is 11.5. The van der Waals surface area contributed by atoms with E-state index in [1.165, 1.54) is 7.11 Å². The number of rotatable bonds is 6. The van der Waals surface area contributed by atoms with Crippen LogP contribution in [0.15, 0.2) is 22.7 Å². The van der Waals surface area contributed by atoms with Gasteiger partial charge in [-0.1, -0.05) is 22.9 Å². The van der Waals surface area contributed by atoms with Crippen molar-refractivity contribution < 1.29 is 14.3 Å². The van der Waals surface area contributed by atoms with Gasteiger partial charge < -0.3 is 14.8 Å². The second-order valence-electron chi connectivity index (χ2n) is 3.40. The lowest BCUT2D eigenvalue weighted by atomic mass is 10.2. The van der Waals surface area contributed by atoms with Crippen molar-refractivity contribution in [2.24, 2.45) is 0 Å². The summed E-state index contributed by atoms with van der Waals surface area (Å²) in [5.41, 5.74) is 1.09. The number of carbonyl (C=O) groups is 1. The molecule has 0 unspecified atom stereocenters. The second-order valence-corrected chi connectivity index (χ2v) is 4.25. The highest BCUT2D eigenvalue weighted by Gasteiger charge is 2.05. The maximum atomic E-state index is 10.9. The van der Waals surface area contributed by atoms with Gasteiger partial charge in [-0.2, -0.15) is 0 Å². The number of hydrogen-bond donors (Lipinski definition) is 1. The van der Waals surface area contributed by atoms with Crippen molar-refractivity contribution in [3.8, 4) is 5.75 Å². The van der Waals surface area contributed by atoms with Crippen LogP contribution in [-0.2, 0) is 16.1 Å². The Morgan fingerprint density at radius 2 is 2.24 bits per heavy atom. The first kappa shape index (κ1) is 14.0. The molecule has 0 aromatic heterocycles. The van der Waals surface area contributed by atoms with Crippen molar-refractivity contribution in [1.29, 1.82) is 0 Å². The van der Waals surface area contributed by atoms with Gasteiger partial charge in [-0.25, -0.2) is 4.79 Å². The topological polar surface area (TPSA) is 47.6 Å². The smallest absolute Gasteiger partial charge is 0.343 e. The van der Waals surface area contributed by atoms with Crippen LogP contribution in [0.25, 0.3) is 0 Å². The first-order chi connectivity index (χ1) is 8.17. The number of hydrogen-bond acceptors (Lipinski definition) is 4. The van der Waals surface area contributed by atoms with E-state index < -0.39 is 0 Å². The molecule has 0 bridgehead atoms. The Bertz CT molecular complexity index is 382. The molecule has 0 aliphatic carbocycles. The first-order valence-corrected chi connectivity index (χ1v) is 6.15. The molecule has 17 heavy (non-hydrogen) atoms. The van der Waals surface area contributed by atoms with Crippen LogP contribution >= 0.6 is 15.9 Å². The quantitative estimate of drug-likeness (QED) is 0.818. The fourth-order valence-electron chi connectivity index (χ4n) is 1.24. The van der Waals surface area contributed by atoms with Crippen molar-refractivity contribution in [3.63, 3.8) is 0 Å². The van der Waals surface area contributed by atoms with E-state index in [9.17, 15) is 4.79 Å². The van der Waals surface area contributed by atoms with Crippen molar-refractivity contribution in [3.05, 3.63) is 28.2 Å². The van der Waals surface area contributed by atoms with Crippen molar-refractivity contribution in [1.82, 2.24) is 5.32 Å². The van der Waals surface area contributed by atoms with Crippen LogP contribution in [0.1, 0.15) is 12.5 Å². The summed E-state index contributed by atoms with van der Waals surface area (Å²) in [6.45, 7) is 3.64. The fraction of sp³-hybridized carbons (Fsp3) is 0.417. The summed E-state index contributed by atoms with van der Waals surface area (Å²) in [4.78, 5) is 10.9. The number of methoxy groups -OCH3 is 1. The monoisotopic (exact) mass is 301 g/mol. The van der Waals surface area contributed by atoms with Gasteiger partial charge in [-0.05, 0) is 30.3 Å². The van der Waals surface area contributed by atoms with Gasteiger partial charge in [0.2, 0.25) is 0 Å². The van der Waals surface area contributed by atoms with Gasteiger partial charge in [0.15, 0.2) is 6.61 Å². The summed E-state index contributed by atoms with van der Waals surface area (Å²) in [7, 11) is 1.34. The summed E-state index contributed by atoms with van der Waals surface area (Å²) in [6.07, 6.45) is 0. The van der Waals surface area contributed by atoms with Crippen LogP contribution < -0.4 is 10.1 Å². The molecule has 0 radical (unpaired) electrons. The summed E-state index contributed by atoms with van der Waals surface area (Å²) < 4.78 is 10.8. The van der Waals surface area contributed by atoms with Gasteiger partial charge in [0, 0.05) is 11.0 Å². The molecule has 1 rings (SSSR count). The summed E-state index contributed by atoms with van der Waals surface area (Å²) in [5.74, 6) is 0.271.